The van der Waals surface area contributed by atoms with Gasteiger partial charge in [0, 0.05) is 23.8 Å². The predicted molar refractivity (Wildman–Crippen MR) is 113 cm³/mol. The van der Waals surface area contributed by atoms with E-state index in [1.54, 1.807) is 26.1 Å². The SMILES string of the molecule is COc1cc(NC(=O)[C@@H]2C[C@@]2(COc2cnc(C)nc2C)C2C=CC(F)=C(F)C2)ncc1F. The molecule has 0 aromatic carbocycles. The number of carbonyl (C=O) groups excluding carboxylic acids is 1. The van der Waals surface area contributed by atoms with Crippen LogP contribution >= 0.6 is 0 Å². The maximum absolute atomic E-state index is 14.1. The third kappa shape index (κ3) is 4.55. The summed E-state index contributed by atoms with van der Waals surface area (Å²) in [6.07, 6.45) is 5.39. The van der Waals surface area contributed by atoms with E-state index >= 15 is 0 Å². The number of anilines is 1. The summed E-state index contributed by atoms with van der Waals surface area (Å²) in [6.45, 7) is 3.62. The van der Waals surface area contributed by atoms with Crippen LogP contribution in [0.25, 0.3) is 0 Å². The first-order chi connectivity index (χ1) is 15.7. The van der Waals surface area contributed by atoms with E-state index in [0.29, 0.717) is 23.7 Å². The lowest BCUT2D eigenvalue weighted by Gasteiger charge is -2.27. The lowest BCUT2D eigenvalue weighted by atomic mass is 9.82. The minimum absolute atomic E-state index is 0.0570. The number of methoxy groups -OCH3 is 1. The van der Waals surface area contributed by atoms with Crippen LogP contribution in [0.2, 0.25) is 0 Å². The molecule has 1 fully saturated rings. The first-order valence-corrected chi connectivity index (χ1v) is 10.4. The zero-order valence-corrected chi connectivity index (χ0v) is 18.4. The molecule has 3 atom stereocenters. The first-order valence-electron chi connectivity index (χ1n) is 10.4. The lowest BCUT2D eigenvalue weighted by Crippen LogP contribution is -2.30. The average Bonchev–Trinajstić information content (AvgIpc) is 3.52. The van der Waals surface area contributed by atoms with E-state index < -0.39 is 34.7 Å². The second kappa shape index (κ2) is 8.84. The Morgan fingerprint density at radius 2 is 2.00 bits per heavy atom. The topological polar surface area (TPSA) is 86.2 Å². The fourth-order valence-electron chi connectivity index (χ4n) is 4.18. The number of carbonyl (C=O) groups is 1. The molecule has 2 aliphatic carbocycles. The Labute approximate surface area is 188 Å². The van der Waals surface area contributed by atoms with Crippen LogP contribution in [-0.4, -0.2) is 34.6 Å². The number of nitrogens with zero attached hydrogens (tertiary/aromatic N) is 3. The molecule has 2 aliphatic rings. The van der Waals surface area contributed by atoms with Crippen LogP contribution in [0, 0.1) is 36.9 Å². The smallest absolute Gasteiger partial charge is 0.229 e. The van der Waals surface area contributed by atoms with Crippen LogP contribution in [0.15, 0.2) is 42.3 Å². The second-order valence-electron chi connectivity index (χ2n) is 8.26. The zero-order valence-electron chi connectivity index (χ0n) is 18.4. The second-order valence-corrected chi connectivity index (χ2v) is 8.26. The largest absolute Gasteiger partial charge is 0.493 e. The highest BCUT2D eigenvalue weighted by Crippen LogP contribution is 2.61. The van der Waals surface area contributed by atoms with Crippen LogP contribution in [0.3, 0.4) is 0 Å². The number of ether oxygens (including phenoxy) is 2. The van der Waals surface area contributed by atoms with Gasteiger partial charge in [-0.2, -0.15) is 0 Å². The Kier molecular flexibility index (Phi) is 6.09. The molecule has 2 aromatic rings. The highest BCUT2D eigenvalue weighted by atomic mass is 19.2. The van der Waals surface area contributed by atoms with Gasteiger partial charge in [0.05, 0.1) is 31.8 Å². The third-order valence-electron chi connectivity index (χ3n) is 6.15. The highest BCUT2D eigenvalue weighted by Gasteiger charge is 2.62. The molecule has 2 heterocycles. The number of amides is 1. The van der Waals surface area contributed by atoms with Crippen molar-refractivity contribution in [2.24, 2.45) is 17.3 Å². The van der Waals surface area contributed by atoms with Gasteiger partial charge in [0.25, 0.3) is 0 Å². The van der Waals surface area contributed by atoms with Gasteiger partial charge in [-0.15, -0.1) is 0 Å². The monoisotopic (exact) mass is 460 g/mol. The van der Waals surface area contributed by atoms with Crippen molar-refractivity contribution in [2.75, 3.05) is 19.0 Å². The molecular weight excluding hydrogens is 437 g/mol. The molecule has 0 aliphatic heterocycles. The molecule has 2 aromatic heterocycles. The molecule has 10 heteroatoms. The molecule has 33 heavy (non-hydrogen) atoms. The van der Waals surface area contributed by atoms with E-state index in [1.165, 1.54) is 13.2 Å². The van der Waals surface area contributed by atoms with Gasteiger partial charge in [-0.3, -0.25) is 4.79 Å². The number of aryl methyl sites for hydroxylation is 2. The minimum atomic E-state index is -0.908. The zero-order chi connectivity index (χ0) is 23.8. The van der Waals surface area contributed by atoms with E-state index in [1.807, 2.05) is 0 Å². The van der Waals surface area contributed by atoms with Gasteiger partial charge in [-0.1, -0.05) is 6.08 Å². The van der Waals surface area contributed by atoms with Crippen molar-refractivity contribution in [1.29, 1.82) is 0 Å². The van der Waals surface area contributed by atoms with Crippen LogP contribution in [-0.2, 0) is 4.79 Å². The molecule has 1 N–H and O–H groups in total. The summed E-state index contributed by atoms with van der Waals surface area (Å²) in [5, 5.41) is 2.66. The van der Waals surface area contributed by atoms with Gasteiger partial charge < -0.3 is 14.8 Å². The lowest BCUT2D eigenvalue weighted by molar-refractivity contribution is -0.118. The van der Waals surface area contributed by atoms with Gasteiger partial charge in [0.15, 0.2) is 23.1 Å². The van der Waals surface area contributed by atoms with Crippen molar-refractivity contribution >= 4 is 11.7 Å². The standard InChI is InChI=1S/C23H23F3N4O3/c1-12-20(10-27-13(2)29-12)33-11-23(14-4-5-16(24)17(25)6-14)8-15(23)22(31)30-21-7-19(32-3)18(26)9-28-21/h4-5,7,9-10,14-15H,6,8,11H2,1-3H3,(H,28,30,31)/t14?,15-,23+/m0/s1. The Bertz CT molecular complexity index is 1150. The summed E-state index contributed by atoms with van der Waals surface area (Å²) in [5.41, 5.74) is -0.127. The fraction of sp³-hybridized carbons (Fsp3) is 0.391. The van der Waals surface area contributed by atoms with Crippen LogP contribution in [0.1, 0.15) is 24.4 Å². The van der Waals surface area contributed by atoms with E-state index in [9.17, 15) is 18.0 Å². The van der Waals surface area contributed by atoms with Crippen molar-refractivity contribution in [3.05, 3.63) is 59.6 Å². The summed E-state index contributed by atoms with van der Waals surface area (Å²) < 4.78 is 52.2. The number of halogens is 3. The molecule has 174 valence electrons. The fourth-order valence-corrected chi connectivity index (χ4v) is 4.18. The predicted octanol–water partition coefficient (Wildman–Crippen LogP) is 4.39. The van der Waals surface area contributed by atoms with Gasteiger partial charge in [0.1, 0.15) is 17.5 Å². The summed E-state index contributed by atoms with van der Waals surface area (Å²) in [5.74, 6) is -2.67. The van der Waals surface area contributed by atoms with Crippen LogP contribution in [0.5, 0.6) is 11.5 Å². The number of rotatable bonds is 7. The van der Waals surface area contributed by atoms with Crippen molar-refractivity contribution in [3.63, 3.8) is 0 Å². The summed E-state index contributed by atoms with van der Waals surface area (Å²) in [6, 6.07) is 1.28. The molecule has 1 unspecified atom stereocenters. The quantitative estimate of drug-likeness (QED) is 0.660. The highest BCUT2D eigenvalue weighted by molar-refractivity contribution is 5.94. The Morgan fingerprint density at radius 1 is 1.21 bits per heavy atom. The van der Waals surface area contributed by atoms with E-state index in [4.69, 9.17) is 9.47 Å². The summed E-state index contributed by atoms with van der Waals surface area (Å²) in [7, 11) is 1.31. The van der Waals surface area contributed by atoms with E-state index in [0.717, 1.165) is 12.3 Å². The number of aromatic nitrogens is 3. The number of hydrogen-bond donors (Lipinski definition) is 1. The molecule has 0 bridgehead atoms. The normalized spacial score (nSPS) is 23.9. The molecule has 0 radical (unpaired) electrons. The minimum Gasteiger partial charge on any atom is -0.493 e. The maximum atomic E-state index is 14.1. The van der Waals surface area contributed by atoms with Crippen LogP contribution < -0.4 is 14.8 Å². The van der Waals surface area contributed by atoms with E-state index in [2.05, 4.69) is 20.3 Å². The third-order valence-corrected chi connectivity index (χ3v) is 6.15. The van der Waals surface area contributed by atoms with E-state index in [-0.39, 0.29) is 30.5 Å². The number of pyridine rings is 1. The van der Waals surface area contributed by atoms with Crippen LogP contribution in [0.4, 0.5) is 19.0 Å². The molecule has 0 saturated heterocycles. The molecule has 1 saturated carbocycles. The van der Waals surface area contributed by atoms with Crippen molar-refractivity contribution in [2.45, 2.75) is 26.7 Å². The average molecular weight is 460 g/mol. The number of allylic oxidation sites excluding steroid dienone is 4. The molecule has 7 nitrogen and oxygen atoms in total. The number of hydrogen-bond acceptors (Lipinski definition) is 6. The Balaban J connectivity index is 1.54. The van der Waals surface area contributed by atoms with Crippen molar-refractivity contribution in [1.82, 2.24) is 15.0 Å². The van der Waals surface area contributed by atoms with Gasteiger partial charge in [0.2, 0.25) is 5.91 Å². The van der Waals surface area contributed by atoms with Gasteiger partial charge in [-0.25, -0.2) is 28.1 Å². The first kappa shape index (κ1) is 22.8. The molecule has 0 spiro atoms. The van der Waals surface area contributed by atoms with Gasteiger partial charge >= 0.3 is 0 Å². The molecule has 1 amide bonds. The Hall–Kier alpha value is -3.43. The molecular formula is C23H23F3N4O3. The number of nitrogens with one attached hydrogen (secondary N) is 1. The maximum Gasteiger partial charge on any atom is 0.229 e. The summed E-state index contributed by atoms with van der Waals surface area (Å²) >= 11 is 0. The van der Waals surface area contributed by atoms with Gasteiger partial charge in [-0.05, 0) is 32.3 Å². The molecule has 4 rings (SSSR count). The van der Waals surface area contributed by atoms with Crippen molar-refractivity contribution in [3.8, 4) is 11.5 Å². The summed E-state index contributed by atoms with van der Waals surface area (Å²) in [4.78, 5) is 25.3. The Morgan fingerprint density at radius 3 is 2.70 bits per heavy atom. The van der Waals surface area contributed by atoms with Crippen molar-refractivity contribution < 1.29 is 27.4 Å².